The van der Waals surface area contributed by atoms with Gasteiger partial charge in [0.1, 0.15) is 11.6 Å². The summed E-state index contributed by atoms with van der Waals surface area (Å²) in [5.41, 5.74) is 3.85. The predicted molar refractivity (Wildman–Crippen MR) is 58.3 cm³/mol. The van der Waals surface area contributed by atoms with Crippen molar-refractivity contribution in [3.63, 3.8) is 0 Å². The standard InChI is InChI=1S/C11H7F3N4/c12-6-2-8(14)7(13)1-5(6)11-17-9-3-15-16-4-10(9)18-11/h1-3,16H,4H2,(H,17,18). The van der Waals surface area contributed by atoms with Crippen LogP contribution in [0.2, 0.25) is 0 Å². The molecule has 0 radical (unpaired) electrons. The first kappa shape index (κ1) is 10.8. The normalized spacial score (nSPS) is 13.3. The van der Waals surface area contributed by atoms with Crippen molar-refractivity contribution < 1.29 is 13.2 Å². The van der Waals surface area contributed by atoms with Crippen LogP contribution in [0.25, 0.3) is 11.4 Å². The Balaban J connectivity index is 2.12. The smallest absolute Gasteiger partial charge is 0.161 e. The highest BCUT2D eigenvalue weighted by molar-refractivity contribution is 5.80. The van der Waals surface area contributed by atoms with Crippen LogP contribution in [-0.4, -0.2) is 16.2 Å². The number of imidazole rings is 1. The Kier molecular flexibility index (Phi) is 2.32. The maximum atomic E-state index is 13.6. The van der Waals surface area contributed by atoms with Gasteiger partial charge in [0.25, 0.3) is 0 Å². The molecule has 0 spiro atoms. The highest BCUT2D eigenvalue weighted by atomic mass is 19.2. The fraction of sp³-hybridized carbons (Fsp3) is 0.0909. The van der Waals surface area contributed by atoms with Gasteiger partial charge in [-0.15, -0.1) is 0 Å². The minimum Gasteiger partial charge on any atom is -0.337 e. The molecule has 2 heterocycles. The van der Waals surface area contributed by atoms with Crippen LogP contribution in [0, 0.1) is 17.5 Å². The van der Waals surface area contributed by atoms with Gasteiger partial charge in [-0.1, -0.05) is 0 Å². The lowest BCUT2D eigenvalue weighted by molar-refractivity contribution is 0.496. The van der Waals surface area contributed by atoms with E-state index in [0.717, 1.165) is 6.07 Å². The van der Waals surface area contributed by atoms with E-state index in [-0.39, 0.29) is 11.4 Å². The van der Waals surface area contributed by atoms with Gasteiger partial charge in [-0.25, -0.2) is 18.2 Å². The first-order valence-corrected chi connectivity index (χ1v) is 5.15. The molecule has 1 aliphatic rings. The van der Waals surface area contributed by atoms with Gasteiger partial charge in [0.2, 0.25) is 0 Å². The van der Waals surface area contributed by atoms with Crippen LogP contribution in [0.1, 0.15) is 11.4 Å². The van der Waals surface area contributed by atoms with E-state index in [9.17, 15) is 13.2 Å². The molecular weight excluding hydrogens is 245 g/mol. The Morgan fingerprint density at radius 2 is 1.83 bits per heavy atom. The number of hydrazone groups is 1. The number of aromatic nitrogens is 2. The Hall–Kier alpha value is -2.31. The molecule has 2 N–H and O–H groups in total. The molecule has 2 aromatic rings. The van der Waals surface area contributed by atoms with E-state index in [1.165, 1.54) is 6.21 Å². The van der Waals surface area contributed by atoms with E-state index >= 15 is 0 Å². The summed E-state index contributed by atoms with van der Waals surface area (Å²) in [5.74, 6) is -3.07. The maximum Gasteiger partial charge on any atom is 0.161 e. The number of rotatable bonds is 1. The largest absolute Gasteiger partial charge is 0.337 e. The van der Waals surface area contributed by atoms with Crippen LogP contribution in [0.3, 0.4) is 0 Å². The van der Waals surface area contributed by atoms with Gasteiger partial charge in [0, 0.05) is 6.07 Å². The molecule has 18 heavy (non-hydrogen) atoms. The Labute approximate surface area is 99.6 Å². The summed E-state index contributed by atoms with van der Waals surface area (Å²) in [5, 5.41) is 3.81. The number of H-pyrrole nitrogens is 1. The third-order valence-corrected chi connectivity index (χ3v) is 2.61. The van der Waals surface area contributed by atoms with Crippen LogP contribution >= 0.6 is 0 Å². The zero-order valence-corrected chi connectivity index (χ0v) is 8.97. The van der Waals surface area contributed by atoms with Crippen LogP contribution in [0.4, 0.5) is 13.2 Å². The summed E-state index contributed by atoms with van der Waals surface area (Å²) >= 11 is 0. The molecule has 3 rings (SSSR count). The lowest BCUT2D eigenvalue weighted by atomic mass is 10.2. The Bertz CT molecular complexity index is 648. The number of hydrogen-bond acceptors (Lipinski definition) is 3. The zero-order valence-electron chi connectivity index (χ0n) is 8.97. The number of hydrogen-bond donors (Lipinski definition) is 2. The molecule has 0 saturated heterocycles. The highest BCUT2D eigenvalue weighted by Crippen LogP contribution is 2.24. The Morgan fingerprint density at radius 3 is 2.61 bits per heavy atom. The SMILES string of the molecule is Fc1cc(F)c(-c2nc3c([nH]2)C=NNC3)cc1F. The number of halogens is 3. The summed E-state index contributed by atoms with van der Waals surface area (Å²) in [4.78, 5) is 6.92. The van der Waals surface area contributed by atoms with Gasteiger partial charge in [-0.2, -0.15) is 5.10 Å². The Morgan fingerprint density at radius 1 is 1.06 bits per heavy atom. The molecule has 0 aliphatic carbocycles. The van der Waals surface area contributed by atoms with Gasteiger partial charge < -0.3 is 10.4 Å². The minimum absolute atomic E-state index is 0.114. The summed E-state index contributed by atoms with van der Waals surface area (Å²) < 4.78 is 39.5. The van der Waals surface area contributed by atoms with Gasteiger partial charge in [-0.05, 0) is 6.07 Å². The first-order valence-electron chi connectivity index (χ1n) is 5.15. The number of aromatic amines is 1. The molecule has 7 heteroatoms. The van der Waals surface area contributed by atoms with Crippen molar-refractivity contribution in [2.45, 2.75) is 6.54 Å². The van der Waals surface area contributed by atoms with E-state index in [0.29, 0.717) is 24.0 Å². The van der Waals surface area contributed by atoms with Crippen molar-refractivity contribution in [1.29, 1.82) is 0 Å². The fourth-order valence-electron chi connectivity index (χ4n) is 1.73. The van der Waals surface area contributed by atoms with Gasteiger partial charge in [-0.3, -0.25) is 0 Å². The number of benzene rings is 1. The topological polar surface area (TPSA) is 53.1 Å². The van der Waals surface area contributed by atoms with E-state index in [1.807, 2.05) is 0 Å². The van der Waals surface area contributed by atoms with Crippen molar-refractivity contribution in [3.05, 3.63) is 41.0 Å². The average molecular weight is 252 g/mol. The molecule has 0 unspecified atom stereocenters. The lowest BCUT2D eigenvalue weighted by Crippen LogP contribution is -2.12. The fourth-order valence-corrected chi connectivity index (χ4v) is 1.73. The van der Waals surface area contributed by atoms with E-state index in [1.54, 1.807) is 0 Å². The summed E-state index contributed by atoms with van der Waals surface area (Å²) in [6.07, 6.45) is 1.49. The van der Waals surface area contributed by atoms with E-state index in [4.69, 9.17) is 0 Å². The number of nitrogens with zero attached hydrogens (tertiary/aromatic N) is 2. The van der Waals surface area contributed by atoms with Crippen LogP contribution in [0.5, 0.6) is 0 Å². The first-order chi connectivity index (χ1) is 8.65. The minimum atomic E-state index is -1.23. The third kappa shape index (κ3) is 1.64. The second-order valence-corrected chi connectivity index (χ2v) is 3.79. The van der Waals surface area contributed by atoms with Gasteiger partial charge in [0.15, 0.2) is 11.6 Å². The van der Waals surface area contributed by atoms with Crippen molar-refractivity contribution >= 4 is 6.21 Å². The molecule has 92 valence electrons. The molecule has 1 aliphatic heterocycles. The predicted octanol–water partition coefficient (Wildman–Crippen LogP) is 1.93. The highest BCUT2D eigenvalue weighted by Gasteiger charge is 2.17. The molecule has 0 amide bonds. The average Bonchev–Trinajstić information content (AvgIpc) is 2.77. The zero-order chi connectivity index (χ0) is 12.7. The summed E-state index contributed by atoms with van der Waals surface area (Å²) in [6, 6.07) is 1.28. The lowest BCUT2D eigenvalue weighted by Gasteiger charge is -2.02. The molecule has 0 fully saturated rings. The second kappa shape index (κ2) is 3.86. The van der Waals surface area contributed by atoms with Crippen LogP contribution in [0.15, 0.2) is 17.2 Å². The van der Waals surface area contributed by atoms with Crippen molar-refractivity contribution in [3.8, 4) is 11.4 Å². The van der Waals surface area contributed by atoms with E-state index in [2.05, 4.69) is 20.5 Å². The molecule has 0 bridgehead atoms. The monoisotopic (exact) mass is 252 g/mol. The quantitative estimate of drug-likeness (QED) is 0.762. The molecular formula is C11H7F3N4. The molecule has 0 atom stereocenters. The van der Waals surface area contributed by atoms with Crippen LogP contribution < -0.4 is 5.43 Å². The van der Waals surface area contributed by atoms with Gasteiger partial charge in [0.05, 0.1) is 29.7 Å². The van der Waals surface area contributed by atoms with Gasteiger partial charge >= 0.3 is 0 Å². The number of fused-ring (bicyclic) bond motifs is 1. The molecule has 4 nitrogen and oxygen atoms in total. The molecule has 0 saturated carbocycles. The van der Waals surface area contributed by atoms with Crippen molar-refractivity contribution in [2.75, 3.05) is 0 Å². The second-order valence-electron chi connectivity index (χ2n) is 3.79. The third-order valence-electron chi connectivity index (χ3n) is 2.61. The number of nitrogens with one attached hydrogen (secondary N) is 2. The van der Waals surface area contributed by atoms with Crippen molar-refractivity contribution in [2.24, 2.45) is 5.10 Å². The maximum absolute atomic E-state index is 13.6. The molecule has 1 aromatic carbocycles. The van der Waals surface area contributed by atoms with E-state index < -0.39 is 17.5 Å². The van der Waals surface area contributed by atoms with Crippen molar-refractivity contribution in [1.82, 2.24) is 15.4 Å². The summed E-state index contributed by atoms with van der Waals surface area (Å²) in [6.45, 7) is 0.396. The van der Waals surface area contributed by atoms with Crippen LogP contribution in [-0.2, 0) is 6.54 Å². The summed E-state index contributed by atoms with van der Waals surface area (Å²) in [7, 11) is 0. The molecule has 1 aromatic heterocycles.